The highest BCUT2D eigenvalue weighted by atomic mass is 28.3. The molecule has 1 unspecified atom stereocenters. The average Bonchev–Trinajstić information content (AvgIpc) is 1.65. The minimum absolute atomic E-state index is 0.338. The van der Waals surface area contributed by atoms with E-state index in [2.05, 4.69) is 0 Å². The smallest absolute Gasteiger partial charge is 0.234 e. The molecule has 0 bridgehead atoms. The Morgan fingerprint density at radius 3 is 2.00 bits per heavy atom. The molecular weight excluding hydrogens is 107 g/mol. The maximum absolute atomic E-state index is 12.4. The van der Waals surface area contributed by atoms with Crippen LogP contribution < -0.4 is 0 Å². The molecule has 0 rings (SSSR count). The Balaban J connectivity index is 3.14. The number of halogens is 1. The maximum Gasteiger partial charge on any atom is 0.234 e. The molecule has 0 aliphatic carbocycles. The molecule has 0 fully saturated rings. The molecule has 0 aromatic carbocycles. The van der Waals surface area contributed by atoms with Gasteiger partial charge >= 0.3 is 0 Å². The van der Waals surface area contributed by atoms with Crippen molar-refractivity contribution in [2.75, 3.05) is 0 Å². The van der Waals surface area contributed by atoms with Gasteiger partial charge in [-0.05, 0) is 11.6 Å². The first-order chi connectivity index (χ1) is 3.18. The van der Waals surface area contributed by atoms with E-state index in [9.17, 15) is 4.11 Å². The summed E-state index contributed by atoms with van der Waals surface area (Å²) in [7, 11) is -1.75. The fraction of sp³-hybridized carbons (Fsp3) is 1.00. The lowest BCUT2D eigenvalue weighted by molar-refractivity contribution is 0.769. The molecule has 7 heavy (non-hydrogen) atoms. The topological polar surface area (TPSA) is 0 Å². The van der Waals surface area contributed by atoms with E-state index in [1.807, 2.05) is 20.8 Å². The van der Waals surface area contributed by atoms with Crippen molar-refractivity contribution in [3.05, 3.63) is 0 Å². The molecule has 1 atom stereocenters. The van der Waals surface area contributed by atoms with Gasteiger partial charge in [-0.2, -0.15) is 0 Å². The van der Waals surface area contributed by atoms with Crippen LogP contribution in [0.15, 0.2) is 0 Å². The fourth-order valence-corrected chi connectivity index (χ4v) is 1.41. The molecule has 0 nitrogen and oxygen atoms in total. The average molecular weight is 120 g/mol. The molecule has 0 aliphatic heterocycles. The predicted octanol–water partition coefficient (Wildman–Crippen LogP) is 2.11. The molecule has 44 valence electrons. The van der Waals surface area contributed by atoms with Crippen LogP contribution in [-0.2, 0) is 0 Å². The van der Waals surface area contributed by atoms with Gasteiger partial charge in [-0.25, -0.2) is 0 Å². The van der Waals surface area contributed by atoms with Crippen LogP contribution in [0.4, 0.5) is 4.11 Å². The van der Waals surface area contributed by atoms with Gasteiger partial charge in [0.1, 0.15) is 0 Å². The molecule has 2 heteroatoms. The second-order valence-electron chi connectivity index (χ2n) is 2.17. The van der Waals surface area contributed by atoms with E-state index >= 15 is 0 Å². The highest BCUT2D eigenvalue weighted by Gasteiger charge is 2.09. The minimum atomic E-state index is -1.75. The lowest BCUT2D eigenvalue weighted by Crippen LogP contribution is -2.06. The molecule has 0 saturated carbocycles. The Kier molecular flexibility index (Phi) is 3.25. The molecule has 0 N–H and O–H groups in total. The van der Waals surface area contributed by atoms with Gasteiger partial charge in [0.25, 0.3) is 0 Å². The Hall–Kier alpha value is 0.147. The van der Waals surface area contributed by atoms with E-state index in [1.165, 1.54) is 0 Å². The van der Waals surface area contributed by atoms with Gasteiger partial charge in [-0.1, -0.05) is 20.8 Å². The van der Waals surface area contributed by atoms with Crippen molar-refractivity contribution in [3.8, 4) is 0 Å². The molecular formula is C5H13FSi. The third kappa shape index (κ3) is 2.80. The van der Waals surface area contributed by atoms with Crippen LogP contribution in [0.3, 0.4) is 0 Å². The number of hydrogen-bond acceptors (Lipinski definition) is 0. The van der Waals surface area contributed by atoms with Crippen molar-refractivity contribution >= 4 is 9.13 Å². The highest BCUT2D eigenvalue weighted by molar-refractivity contribution is 6.52. The Morgan fingerprint density at radius 1 is 1.57 bits per heavy atom. The van der Waals surface area contributed by atoms with Crippen LogP contribution in [0.1, 0.15) is 20.8 Å². The first kappa shape index (κ1) is 7.15. The van der Waals surface area contributed by atoms with E-state index in [1.54, 1.807) is 0 Å². The van der Waals surface area contributed by atoms with E-state index in [4.69, 9.17) is 0 Å². The normalized spacial score (nSPS) is 15.0. The van der Waals surface area contributed by atoms with Gasteiger partial charge < -0.3 is 4.11 Å². The van der Waals surface area contributed by atoms with Crippen molar-refractivity contribution in [2.24, 2.45) is 0 Å². The van der Waals surface area contributed by atoms with E-state index in [-0.39, 0.29) is 0 Å². The van der Waals surface area contributed by atoms with Crippen molar-refractivity contribution in [3.63, 3.8) is 0 Å². The number of hydrogen-bond donors (Lipinski definition) is 0. The van der Waals surface area contributed by atoms with E-state index in [0.717, 1.165) is 6.04 Å². The zero-order valence-electron chi connectivity index (χ0n) is 5.24. The molecule has 0 aromatic heterocycles. The predicted molar refractivity (Wildman–Crippen MR) is 33.8 cm³/mol. The summed E-state index contributed by atoms with van der Waals surface area (Å²) < 4.78 is 12.4. The molecule has 0 saturated heterocycles. The molecule has 0 heterocycles. The standard InChI is InChI=1S/C5H13FSi/c1-4-7(6)5(2)3/h5,7H,4H2,1-3H3. The maximum atomic E-state index is 12.4. The highest BCUT2D eigenvalue weighted by Crippen LogP contribution is 2.10. The van der Waals surface area contributed by atoms with Crippen molar-refractivity contribution in [2.45, 2.75) is 32.4 Å². The van der Waals surface area contributed by atoms with Gasteiger partial charge in [0.15, 0.2) is 0 Å². The molecule has 0 amide bonds. The Labute approximate surface area is 46.5 Å². The third-order valence-electron chi connectivity index (χ3n) is 1.11. The summed E-state index contributed by atoms with van der Waals surface area (Å²) in [6.45, 7) is 5.84. The van der Waals surface area contributed by atoms with Gasteiger partial charge in [0.2, 0.25) is 9.13 Å². The zero-order valence-corrected chi connectivity index (χ0v) is 6.39. The molecule has 0 spiro atoms. The Bertz CT molecular complexity index is 45.3. The summed E-state index contributed by atoms with van der Waals surface area (Å²) in [5.74, 6) is 0. The monoisotopic (exact) mass is 120 g/mol. The Morgan fingerprint density at radius 2 is 2.00 bits per heavy atom. The van der Waals surface area contributed by atoms with Crippen LogP contribution in [0.25, 0.3) is 0 Å². The van der Waals surface area contributed by atoms with Crippen LogP contribution in [0.2, 0.25) is 11.6 Å². The lowest BCUT2D eigenvalue weighted by atomic mass is 10.6. The summed E-state index contributed by atoms with van der Waals surface area (Å²) in [6.07, 6.45) is 0. The second kappa shape index (κ2) is 3.19. The van der Waals surface area contributed by atoms with Crippen molar-refractivity contribution in [1.82, 2.24) is 0 Å². The number of rotatable bonds is 2. The second-order valence-corrected chi connectivity index (χ2v) is 5.35. The molecule has 0 aromatic rings. The summed E-state index contributed by atoms with van der Waals surface area (Å²) >= 11 is 0. The third-order valence-corrected chi connectivity index (χ3v) is 3.34. The van der Waals surface area contributed by atoms with Crippen LogP contribution in [0.5, 0.6) is 0 Å². The first-order valence-electron chi connectivity index (χ1n) is 2.82. The fourth-order valence-electron chi connectivity index (χ4n) is 0.471. The lowest BCUT2D eigenvalue weighted by Gasteiger charge is -2.03. The first-order valence-corrected chi connectivity index (χ1v) is 4.74. The molecule has 0 radical (unpaired) electrons. The van der Waals surface area contributed by atoms with E-state index in [0.29, 0.717) is 5.54 Å². The van der Waals surface area contributed by atoms with Gasteiger partial charge in [0, 0.05) is 0 Å². The summed E-state index contributed by atoms with van der Waals surface area (Å²) in [5.41, 5.74) is 0.338. The van der Waals surface area contributed by atoms with Crippen molar-refractivity contribution in [1.29, 1.82) is 0 Å². The summed E-state index contributed by atoms with van der Waals surface area (Å²) in [5, 5.41) is 0. The zero-order chi connectivity index (χ0) is 5.86. The van der Waals surface area contributed by atoms with Gasteiger partial charge in [-0.3, -0.25) is 0 Å². The quantitative estimate of drug-likeness (QED) is 0.387. The van der Waals surface area contributed by atoms with Crippen molar-refractivity contribution < 1.29 is 4.11 Å². The van der Waals surface area contributed by atoms with Crippen LogP contribution in [-0.4, -0.2) is 9.13 Å². The largest absolute Gasteiger partial charge is 0.318 e. The summed E-state index contributed by atoms with van der Waals surface area (Å²) in [4.78, 5) is 0. The van der Waals surface area contributed by atoms with Gasteiger partial charge in [-0.15, -0.1) is 0 Å². The van der Waals surface area contributed by atoms with Crippen LogP contribution in [0, 0.1) is 0 Å². The SMILES string of the molecule is CC[SiH](F)C(C)C. The molecule has 0 aliphatic rings. The van der Waals surface area contributed by atoms with E-state index < -0.39 is 9.13 Å². The van der Waals surface area contributed by atoms with Gasteiger partial charge in [0.05, 0.1) is 0 Å². The minimum Gasteiger partial charge on any atom is -0.318 e. The summed E-state index contributed by atoms with van der Waals surface area (Å²) in [6, 6.07) is 0.789. The van der Waals surface area contributed by atoms with Crippen LogP contribution >= 0.6 is 0 Å².